The summed E-state index contributed by atoms with van der Waals surface area (Å²) in [5.74, 6) is 1.77. The fraction of sp³-hybridized carbons (Fsp3) is 0.357. The van der Waals surface area contributed by atoms with Gasteiger partial charge < -0.3 is 15.5 Å². The third kappa shape index (κ3) is 2.49. The van der Waals surface area contributed by atoms with Crippen molar-refractivity contribution in [2.45, 2.75) is 13.0 Å². The number of rotatable bonds is 2. The normalized spacial score (nSPS) is 19.1. The molecule has 2 N–H and O–H groups in total. The Balaban J connectivity index is 1.72. The maximum atomic E-state index is 5.62. The van der Waals surface area contributed by atoms with E-state index in [0.29, 0.717) is 11.7 Å². The molecule has 0 aromatic carbocycles. The van der Waals surface area contributed by atoms with Crippen LogP contribution in [0.1, 0.15) is 6.92 Å². The molecule has 2 aromatic rings. The monoisotopic (exact) mass is 270 g/mol. The van der Waals surface area contributed by atoms with Crippen LogP contribution in [-0.2, 0) is 0 Å². The van der Waals surface area contributed by atoms with Gasteiger partial charge in [-0.2, -0.15) is 0 Å². The lowest BCUT2D eigenvalue weighted by Crippen LogP contribution is -2.52. The molecule has 1 aliphatic rings. The van der Waals surface area contributed by atoms with Gasteiger partial charge in [0.05, 0.1) is 18.1 Å². The zero-order valence-corrected chi connectivity index (χ0v) is 11.5. The van der Waals surface area contributed by atoms with Crippen LogP contribution in [0.2, 0.25) is 0 Å². The van der Waals surface area contributed by atoms with E-state index in [-0.39, 0.29) is 0 Å². The predicted molar refractivity (Wildman–Crippen MR) is 79.7 cm³/mol. The molecule has 0 saturated carbocycles. The molecule has 0 amide bonds. The largest absolute Gasteiger partial charge is 0.396 e. The zero-order chi connectivity index (χ0) is 13.9. The van der Waals surface area contributed by atoms with E-state index >= 15 is 0 Å². The highest BCUT2D eigenvalue weighted by Crippen LogP contribution is 2.20. The highest BCUT2D eigenvalue weighted by atomic mass is 15.3. The second kappa shape index (κ2) is 5.32. The Labute approximate surface area is 118 Å². The van der Waals surface area contributed by atoms with Crippen LogP contribution in [-0.4, -0.2) is 40.6 Å². The number of anilines is 3. The number of pyridine rings is 1. The Morgan fingerprint density at radius 3 is 2.60 bits per heavy atom. The van der Waals surface area contributed by atoms with Crippen molar-refractivity contribution in [3.8, 4) is 0 Å². The summed E-state index contributed by atoms with van der Waals surface area (Å²) in [6, 6.07) is 6.36. The number of nitrogens with two attached hydrogens (primary N) is 1. The molecule has 0 bridgehead atoms. The van der Waals surface area contributed by atoms with E-state index in [9.17, 15) is 0 Å². The lowest BCUT2D eigenvalue weighted by atomic mass is 10.2. The molecular formula is C14H18N6. The molecule has 3 heterocycles. The topological polar surface area (TPSA) is 71.2 Å². The van der Waals surface area contributed by atoms with Gasteiger partial charge in [0, 0.05) is 31.9 Å². The number of piperazine rings is 1. The summed E-state index contributed by atoms with van der Waals surface area (Å²) in [6.45, 7) is 4.86. The predicted octanol–water partition coefficient (Wildman–Crippen LogP) is 1.17. The first-order valence-electron chi connectivity index (χ1n) is 6.74. The molecule has 20 heavy (non-hydrogen) atoms. The fourth-order valence-corrected chi connectivity index (χ4v) is 2.50. The van der Waals surface area contributed by atoms with Crippen LogP contribution in [0.15, 0.2) is 36.8 Å². The number of nitrogen functional groups attached to an aromatic ring is 1. The van der Waals surface area contributed by atoms with Gasteiger partial charge in [0.25, 0.3) is 0 Å². The van der Waals surface area contributed by atoms with Crippen LogP contribution in [0.25, 0.3) is 0 Å². The molecule has 0 aliphatic carbocycles. The molecule has 6 nitrogen and oxygen atoms in total. The third-order valence-corrected chi connectivity index (χ3v) is 3.51. The van der Waals surface area contributed by atoms with Crippen LogP contribution < -0.4 is 15.5 Å². The van der Waals surface area contributed by atoms with Gasteiger partial charge in [0.1, 0.15) is 5.82 Å². The van der Waals surface area contributed by atoms with Gasteiger partial charge in [-0.25, -0.2) is 15.0 Å². The summed E-state index contributed by atoms with van der Waals surface area (Å²) in [5, 5.41) is 0. The number of nitrogens with zero attached hydrogens (tertiary/aromatic N) is 5. The third-order valence-electron chi connectivity index (χ3n) is 3.51. The first kappa shape index (κ1) is 12.7. The minimum atomic E-state index is 0.361. The van der Waals surface area contributed by atoms with Gasteiger partial charge in [-0.15, -0.1) is 0 Å². The Hall–Kier alpha value is -2.37. The van der Waals surface area contributed by atoms with Crippen LogP contribution in [0, 0.1) is 0 Å². The van der Waals surface area contributed by atoms with Crippen molar-refractivity contribution in [2.75, 3.05) is 35.2 Å². The van der Waals surface area contributed by atoms with Crippen molar-refractivity contribution in [3.63, 3.8) is 0 Å². The Bertz CT molecular complexity index is 556. The zero-order valence-electron chi connectivity index (χ0n) is 11.5. The van der Waals surface area contributed by atoms with E-state index in [1.54, 1.807) is 12.4 Å². The van der Waals surface area contributed by atoms with Gasteiger partial charge >= 0.3 is 0 Å². The molecule has 1 atom stereocenters. The van der Waals surface area contributed by atoms with Crippen molar-refractivity contribution in [1.29, 1.82) is 0 Å². The quantitative estimate of drug-likeness (QED) is 0.883. The van der Waals surface area contributed by atoms with Crippen LogP contribution in [0.3, 0.4) is 0 Å². The standard InChI is InChI=1S/C14H18N6/c1-11-10-19(14-17-8-12(15)9-18-14)6-7-20(11)13-4-2-3-5-16-13/h2-5,8-9,11H,6-7,10,15H2,1H3/t11-/m1/s1. The molecule has 1 fully saturated rings. The van der Waals surface area contributed by atoms with Crippen LogP contribution >= 0.6 is 0 Å². The number of aromatic nitrogens is 3. The summed E-state index contributed by atoms with van der Waals surface area (Å²) in [7, 11) is 0. The van der Waals surface area contributed by atoms with E-state index in [4.69, 9.17) is 5.73 Å². The average Bonchev–Trinajstić information content (AvgIpc) is 2.49. The molecule has 104 valence electrons. The van der Waals surface area contributed by atoms with Crippen molar-refractivity contribution in [1.82, 2.24) is 15.0 Å². The fourth-order valence-electron chi connectivity index (χ4n) is 2.50. The minimum absolute atomic E-state index is 0.361. The summed E-state index contributed by atoms with van der Waals surface area (Å²) >= 11 is 0. The smallest absolute Gasteiger partial charge is 0.225 e. The van der Waals surface area contributed by atoms with E-state index in [0.717, 1.165) is 31.4 Å². The van der Waals surface area contributed by atoms with Gasteiger partial charge in [0.2, 0.25) is 5.95 Å². The molecule has 0 spiro atoms. The first-order chi connectivity index (χ1) is 9.74. The first-order valence-corrected chi connectivity index (χ1v) is 6.74. The highest BCUT2D eigenvalue weighted by molar-refractivity contribution is 5.44. The van der Waals surface area contributed by atoms with Crippen molar-refractivity contribution in [2.24, 2.45) is 0 Å². The summed E-state index contributed by atoms with van der Waals surface area (Å²) < 4.78 is 0. The van der Waals surface area contributed by atoms with Crippen molar-refractivity contribution in [3.05, 3.63) is 36.8 Å². The van der Waals surface area contributed by atoms with Crippen molar-refractivity contribution >= 4 is 17.5 Å². The Kier molecular flexibility index (Phi) is 3.37. The van der Waals surface area contributed by atoms with E-state index in [2.05, 4.69) is 31.7 Å². The van der Waals surface area contributed by atoms with Gasteiger partial charge in [-0.05, 0) is 19.1 Å². The van der Waals surface area contributed by atoms with Crippen LogP contribution in [0.5, 0.6) is 0 Å². The molecule has 1 aliphatic heterocycles. The molecule has 3 rings (SSSR count). The minimum Gasteiger partial charge on any atom is -0.396 e. The molecule has 1 saturated heterocycles. The molecule has 0 unspecified atom stereocenters. The lowest BCUT2D eigenvalue weighted by molar-refractivity contribution is 0.539. The van der Waals surface area contributed by atoms with Gasteiger partial charge in [-0.3, -0.25) is 0 Å². The summed E-state index contributed by atoms with van der Waals surface area (Å²) in [4.78, 5) is 17.5. The number of hydrogen-bond acceptors (Lipinski definition) is 6. The maximum Gasteiger partial charge on any atom is 0.225 e. The van der Waals surface area contributed by atoms with Crippen LogP contribution in [0.4, 0.5) is 17.5 Å². The molecular weight excluding hydrogens is 252 g/mol. The Morgan fingerprint density at radius 2 is 1.95 bits per heavy atom. The average molecular weight is 270 g/mol. The molecule has 0 radical (unpaired) electrons. The van der Waals surface area contributed by atoms with E-state index in [1.165, 1.54) is 0 Å². The second-order valence-electron chi connectivity index (χ2n) is 4.99. The lowest BCUT2D eigenvalue weighted by Gasteiger charge is -2.40. The van der Waals surface area contributed by atoms with E-state index in [1.807, 2.05) is 24.4 Å². The molecule has 6 heteroatoms. The SMILES string of the molecule is C[C@@H]1CN(c2ncc(N)cn2)CCN1c1ccccn1. The Morgan fingerprint density at radius 1 is 1.15 bits per heavy atom. The maximum absolute atomic E-state index is 5.62. The van der Waals surface area contributed by atoms with Crippen molar-refractivity contribution < 1.29 is 0 Å². The van der Waals surface area contributed by atoms with Gasteiger partial charge in [-0.1, -0.05) is 6.07 Å². The number of hydrogen-bond donors (Lipinski definition) is 1. The van der Waals surface area contributed by atoms with E-state index < -0.39 is 0 Å². The summed E-state index contributed by atoms with van der Waals surface area (Å²) in [6.07, 6.45) is 5.13. The highest BCUT2D eigenvalue weighted by Gasteiger charge is 2.25. The van der Waals surface area contributed by atoms with Gasteiger partial charge in [0.15, 0.2) is 0 Å². The summed E-state index contributed by atoms with van der Waals surface area (Å²) in [5.41, 5.74) is 6.21. The second-order valence-corrected chi connectivity index (χ2v) is 4.99. The molecule has 2 aromatic heterocycles.